The van der Waals surface area contributed by atoms with Gasteiger partial charge in [-0.1, -0.05) is 6.07 Å². The van der Waals surface area contributed by atoms with Gasteiger partial charge in [-0.05, 0) is 24.1 Å². The van der Waals surface area contributed by atoms with E-state index < -0.39 is 28.2 Å². The number of hydrogen-bond donors (Lipinski definition) is 1. The van der Waals surface area contributed by atoms with Gasteiger partial charge in [0.25, 0.3) is 0 Å². The Hall–Kier alpha value is -3.22. The van der Waals surface area contributed by atoms with Gasteiger partial charge >= 0.3 is 5.97 Å². The van der Waals surface area contributed by atoms with Crippen molar-refractivity contribution in [1.29, 1.82) is 0 Å². The highest BCUT2D eigenvalue weighted by Gasteiger charge is 2.48. The van der Waals surface area contributed by atoms with E-state index in [1.165, 1.54) is 28.4 Å². The molecule has 35 heavy (non-hydrogen) atoms. The number of carbonyl (C=O) groups is 1. The van der Waals surface area contributed by atoms with Crippen LogP contribution in [0.25, 0.3) is 0 Å². The van der Waals surface area contributed by atoms with Gasteiger partial charge in [-0.25, -0.2) is 17.9 Å². The lowest BCUT2D eigenvalue weighted by Crippen LogP contribution is -2.24. The molecule has 11 nitrogen and oxygen atoms in total. The van der Waals surface area contributed by atoms with Crippen LogP contribution >= 0.6 is 0 Å². The summed E-state index contributed by atoms with van der Waals surface area (Å²) in [5.41, 5.74) is 2.19. The van der Waals surface area contributed by atoms with Crippen molar-refractivity contribution in [2.45, 2.75) is 18.6 Å². The fraction of sp³-hybridized carbons (Fsp3) is 0.435. The number of nitrogens with one attached hydrogen (secondary N) is 1. The molecule has 2 aliphatic heterocycles. The molecule has 1 N–H and O–H groups in total. The number of epoxide rings is 1. The number of benzene rings is 2. The molecule has 2 aromatic rings. The number of methoxy groups -OCH3 is 4. The first-order chi connectivity index (χ1) is 16.7. The van der Waals surface area contributed by atoms with Crippen LogP contribution in [-0.2, 0) is 25.9 Å². The highest BCUT2D eigenvalue weighted by Crippen LogP contribution is 2.59. The molecule has 0 aliphatic carbocycles. The third kappa shape index (κ3) is 4.81. The Morgan fingerprint density at radius 1 is 1.06 bits per heavy atom. The van der Waals surface area contributed by atoms with Crippen LogP contribution in [0.15, 0.2) is 18.2 Å². The monoisotopic (exact) mass is 509 g/mol. The number of sulfonamides is 1. The largest absolute Gasteiger partial charge is 0.493 e. The Bertz CT molecular complexity index is 1240. The summed E-state index contributed by atoms with van der Waals surface area (Å²) in [4.78, 5) is 12.7. The van der Waals surface area contributed by atoms with E-state index in [0.29, 0.717) is 40.5 Å². The van der Waals surface area contributed by atoms with Gasteiger partial charge in [-0.15, -0.1) is 0 Å². The molecule has 12 heteroatoms. The van der Waals surface area contributed by atoms with Crippen molar-refractivity contribution >= 4 is 16.0 Å². The van der Waals surface area contributed by atoms with Crippen molar-refractivity contribution in [2.75, 3.05) is 48.0 Å². The fourth-order valence-corrected chi connectivity index (χ4v) is 4.70. The molecule has 0 aromatic heterocycles. The highest BCUT2D eigenvalue weighted by atomic mass is 32.2. The van der Waals surface area contributed by atoms with Gasteiger partial charge in [0.15, 0.2) is 23.0 Å². The minimum Gasteiger partial charge on any atom is -0.493 e. The van der Waals surface area contributed by atoms with Gasteiger partial charge in [0.05, 0.1) is 34.7 Å². The molecule has 0 radical (unpaired) electrons. The summed E-state index contributed by atoms with van der Waals surface area (Å²) in [6.45, 7) is 0.198. The number of fused-ring (bicyclic) bond motifs is 1. The summed E-state index contributed by atoms with van der Waals surface area (Å²) in [5.74, 6) is 1.39. The molecule has 2 aromatic carbocycles. The van der Waals surface area contributed by atoms with E-state index >= 15 is 0 Å². The summed E-state index contributed by atoms with van der Waals surface area (Å²) < 4.78 is 64.3. The SMILES string of the molecule is COC(=O)c1c([C@H]2O[C@@H]2c2c(CCNS(C)(=O)=O)cc3c(c2OC)OCO3)ccc(OC)c1OC. The zero-order chi connectivity index (χ0) is 25.3. The molecule has 190 valence electrons. The predicted molar refractivity (Wildman–Crippen MR) is 123 cm³/mol. The number of ether oxygens (including phenoxy) is 7. The lowest BCUT2D eigenvalue weighted by atomic mass is 9.93. The lowest BCUT2D eigenvalue weighted by molar-refractivity contribution is 0.0594. The van der Waals surface area contributed by atoms with Crippen LogP contribution in [0.3, 0.4) is 0 Å². The average Bonchev–Trinajstić information content (AvgIpc) is 3.48. The quantitative estimate of drug-likeness (QED) is 0.375. The number of hydrogen-bond acceptors (Lipinski definition) is 10. The zero-order valence-electron chi connectivity index (χ0n) is 20.0. The highest BCUT2D eigenvalue weighted by molar-refractivity contribution is 7.88. The predicted octanol–water partition coefficient (Wildman–Crippen LogP) is 2.13. The molecule has 2 aliphatic rings. The standard InChI is InChI=1S/C23H27NO10S/c1-28-14-7-6-13(17(19(14)29-2)23(25)31-4)18-22(34-18)16-12(8-9-24-35(5,26)27)10-15-20(21(16)30-3)33-11-32-15/h6-7,10,18,22,24H,8-9,11H2,1-5H3/t18-,22-/m1/s1. The topological polar surface area (TPSA) is 131 Å². The molecule has 0 spiro atoms. The molecule has 0 unspecified atom stereocenters. The Kier molecular flexibility index (Phi) is 6.97. The van der Waals surface area contributed by atoms with Crippen molar-refractivity contribution in [3.8, 4) is 28.7 Å². The number of carbonyl (C=O) groups excluding carboxylic acids is 1. The third-order valence-electron chi connectivity index (χ3n) is 5.76. The second-order valence-corrected chi connectivity index (χ2v) is 9.70. The van der Waals surface area contributed by atoms with E-state index in [0.717, 1.165) is 11.8 Å². The first-order valence-corrected chi connectivity index (χ1v) is 12.6. The van der Waals surface area contributed by atoms with Crippen LogP contribution in [0, 0.1) is 0 Å². The molecule has 0 saturated carbocycles. The normalized spacial score (nSPS) is 18.2. The van der Waals surface area contributed by atoms with Crippen molar-refractivity contribution < 1.29 is 46.4 Å². The van der Waals surface area contributed by atoms with Gasteiger partial charge in [-0.2, -0.15) is 0 Å². The number of rotatable bonds is 10. The molecular formula is C23H27NO10S. The second-order valence-electron chi connectivity index (χ2n) is 7.87. The maximum atomic E-state index is 12.7. The first kappa shape index (κ1) is 24.9. The van der Waals surface area contributed by atoms with Crippen LogP contribution < -0.4 is 28.4 Å². The fourth-order valence-electron chi connectivity index (χ4n) is 4.23. The second kappa shape index (κ2) is 9.80. The molecule has 1 fully saturated rings. The van der Waals surface area contributed by atoms with Crippen LogP contribution in [0.1, 0.15) is 39.3 Å². The van der Waals surface area contributed by atoms with Gasteiger partial charge in [-0.3, -0.25) is 0 Å². The Morgan fingerprint density at radius 2 is 1.80 bits per heavy atom. The van der Waals surface area contributed by atoms with Crippen molar-refractivity contribution in [2.24, 2.45) is 0 Å². The van der Waals surface area contributed by atoms with Crippen LogP contribution in [0.5, 0.6) is 28.7 Å². The Morgan fingerprint density at radius 3 is 2.43 bits per heavy atom. The molecule has 4 rings (SSSR count). The molecule has 1 saturated heterocycles. The number of esters is 1. The van der Waals surface area contributed by atoms with E-state index in [4.69, 9.17) is 33.2 Å². The van der Waals surface area contributed by atoms with Gasteiger partial charge in [0.1, 0.15) is 17.8 Å². The maximum Gasteiger partial charge on any atom is 0.342 e. The Balaban J connectivity index is 1.77. The molecule has 0 amide bonds. The zero-order valence-corrected chi connectivity index (χ0v) is 20.8. The van der Waals surface area contributed by atoms with Crippen molar-refractivity contribution in [3.05, 3.63) is 40.5 Å². The summed E-state index contributed by atoms with van der Waals surface area (Å²) >= 11 is 0. The summed E-state index contributed by atoms with van der Waals surface area (Å²) in [5, 5.41) is 0. The third-order valence-corrected chi connectivity index (χ3v) is 6.48. The van der Waals surface area contributed by atoms with E-state index in [1.807, 2.05) is 0 Å². The van der Waals surface area contributed by atoms with Crippen LogP contribution in [-0.4, -0.2) is 62.4 Å². The minimum atomic E-state index is -3.37. The van der Waals surface area contributed by atoms with E-state index in [2.05, 4.69) is 4.72 Å². The molecular weight excluding hydrogens is 482 g/mol. The minimum absolute atomic E-state index is 0.0350. The average molecular weight is 510 g/mol. The molecule has 2 heterocycles. The summed E-state index contributed by atoms with van der Waals surface area (Å²) in [6.07, 6.45) is 0.408. The van der Waals surface area contributed by atoms with Gasteiger partial charge in [0.2, 0.25) is 22.6 Å². The Labute approximate surface area is 203 Å². The van der Waals surface area contributed by atoms with Crippen molar-refractivity contribution in [1.82, 2.24) is 4.72 Å². The first-order valence-electron chi connectivity index (χ1n) is 10.7. The van der Waals surface area contributed by atoms with Gasteiger partial charge in [0, 0.05) is 17.7 Å². The van der Waals surface area contributed by atoms with Crippen molar-refractivity contribution in [3.63, 3.8) is 0 Å². The summed E-state index contributed by atoms with van der Waals surface area (Å²) in [6, 6.07) is 5.20. The summed E-state index contributed by atoms with van der Waals surface area (Å²) in [7, 11) is 2.33. The van der Waals surface area contributed by atoms with Gasteiger partial charge < -0.3 is 33.2 Å². The lowest BCUT2D eigenvalue weighted by Gasteiger charge is -2.16. The van der Waals surface area contributed by atoms with E-state index in [-0.39, 0.29) is 24.7 Å². The van der Waals surface area contributed by atoms with Crippen LogP contribution in [0.4, 0.5) is 0 Å². The maximum absolute atomic E-state index is 12.7. The van der Waals surface area contributed by atoms with Crippen LogP contribution in [0.2, 0.25) is 0 Å². The molecule has 2 atom stereocenters. The van der Waals surface area contributed by atoms with E-state index in [9.17, 15) is 13.2 Å². The van der Waals surface area contributed by atoms with E-state index in [1.54, 1.807) is 18.2 Å². The molecule has 0 bridgehead atoms. The smallest absolute Gasteiger partial charge is 0.342 e.